The van der Waals surface area contributed by atoms with Crippen molar-refractivity contribution in [1.29, 1.82) is 0 Å². The van der Waals surface area contributed by atoms with Gasteiger partial charge in [-0.2, -0.15) is 17.7 Å². The number of nitrogens with zero attached hydrogens (tertiary/aromatic N) is 4. The standard InChI is InChI=1S/C18H14F3N5O6S3/c1-12-10-15(16(25-34(19,20)29)11-17(12)32-35(21,30)31)24-23-13-5-7-14(8-6-13)33(27,28)26-18-4-2-3-9-22-18/h2-11H,1H3,(H,22,26)/b24-23+. The molecule has 0 aliphatic carbocycles. The second kappa shape index (κ2) is 9.96. The highest BCUT2D eigenvalue weighted by molar-refractivity contribution is 7.92. The van der Waals surface area contributed by atoms with Crippen molar-refractivity contribution < 1.29 is 36.9 Å². The maximum atomic E-state index is 13.0. The second-order valence-electron chi connectivity index (χ2n) is 6.59. The van der Waals surface area contributed by atoms with Gasteiger partial charge in [-0.1, -0.05) is 17.7 Å². The Morgan fingerprint density at radius 3 is 2.14 bits per heavy atom. The van der Waals surface area contributed by atoms with Crippen molar-refractivity contribution in [3.63, 3.8) is 0 Å². The van der Waals surface area contributed by atoms with Gasteiger partial charge in [0, 0.05) is 12.3 Å². The summed E-state index contributed by atoms with van der Waals surface area (Å²) in [6, 6.07) is 11.2. The topological polar surface area (TPSA) is 157 Å². The van der Waals surface area contributed by atoms with Crippen LogP contribution in [0.2, 0.25) is 0 Å². The molecule has 1 N–H and O–H groups in total. The first kappa shape index (κ1) is 26.0. The van der Waals surface area contributed by atoms with Gasteiger partial charge in [-0.3, -0.25) is 4.72 Å². The Balaban J connectivity index is 1.91. The molecule has 0 atom stereocenters. The SMILES string of the molecule is Cc1cc(/N=N/c2ccc(S(=O)(=O)Nc3ccccn3)cc2)c(N=S(=O)(F)F)cc1OS(=O)(=O)F. The third-order valence-electron chi connectivity index (χ3n) is 3.99. The smallest absolute Gasteiger partial charge is 0.358 e. The van der Waals surface area contributed by atoms with E-state index in [4.69, 9.17) is 0 Å². The van der Waals surface area contributed by atoms with Crippen molar-refractivity contribution >= 4 is 53.9 Å². The first-order chi connectivity index (χ1) is 16.2. The Labute approximate surface area is 198 Å². The Kier molecular flexibility index (Phi) is 7.41. The van der Waals surface area contributed by atoms with Crippen molar-refractivity contribution in [1.82, 2.24) is 4.98 Å². The minimum atomic E-state index is -5.71. The van der Waals surface area contributed by atoms with E-state index in [1.165, 1.54) is 43.5 Å². The van der Waals surface area contributed by atoms with Crippen LogP contribution < -0.4 is 8.91 Å². The van der Waals surface area contributed by atoms with Gasteiger partial charge in [0.2, 0.25) is 0 Å². The molecule has 0 saturated heterocycles. The number of sulfonamides is 1. The number of benzene rings is 2. The van der Waals surface area contributed by atoms with Crippen LogP contribution in [0.5, 0.6) is 5.75 Å². The number of hydrogen-bond donors (Lipinski definition) is 1. The van der Waals surface area contributed by atoms with E-state index in [0.29, 0.717) is 6.07 Å². The van der Waals surface area contributed by atoms with Crippen LogP contribution in [0.4, 0.5) is 34.5 Å². The van der Waals surface area contributed by atoms with Crippen LogP contribution in [0.1, 0.15) is 5.56 Å². The van der Waals surface area contributed by atoms with E-state index in [1.54, 1.807) is 12.1 Å². The number of pyridine rings is 1. The zero-order chi connectivity index (χ0) is 25.9. The first-order valence-corrected chi connectivity index (χ1v) is 13.2. The summed E-state index contributed by atoms with van der Waals surface area (Å²) in [4.78, 5) is 3.74. The average Bonchev–Trinajstić information content (AvgIpc) is 2.73. The third kappa shape index (κ3) is 7.72. The molecule has 0 bridgehead atoms. The molecule has 0 aliphatic rings. The lowest BCUT2D eigenvalue weighted by atomic mass is 10.2. The van der Waals surface area contributed by atoms with Crippen molar-refractivity contribution in [3.05, 3.63) is 66.4 Å². The van der Waals surface area contributed by atoms with Crippen molar-refractivity contribution in [2.75, 3.05) is 4.72 Å². The molecule has 11 nitrogen and oxygen atoms in total. The van der Waals surface area contributed by atoms with Gasteiger partial charge in [-0.15, -0.1) is 9.48 Å². The van der Waals surface area contributed by atoms with E-state index in [2.05, 4.69) is 28.5 Å². The molecule has 0 aliphatic heterocycles. The second-order valence-corrected chi connectivity index (χ2v) is 10.2. The number of nitrogens with one attached hydrogen (secondary N) is 1. The van der Waals surface area contributed by atoms with Gasteiger partial charge in [0.15, 0.2) is 5.75 Å². The predicted octanol–water partition coefficient (Wildman–Crippen LogP) is 5.07. The summed E-state index contributed by atoms with van der Waals surface area (Å²) in [7, 11) is -15.1. The summed E-state index contributed by atoms with van der Waals surface area (Å²) in [5.74, 6) is -0.572. The van der Waals surface area contributed by atoms with Crippen LogP contribution in [0.15, 0.2) is 80.3 Å². The molecule has 1 heterocycles. The van der Waals surface area contributed by atoms with E-state index in [1.807, 2.05) is 0 Å². The Morgan fingerprint density at radius 1 is 0.886 bits per heavy atom. The summed E-state index contributed by atoms with van der Waals surface area (Å²) < 4.78 is 105. The zero-order valence-electron chi connectivity index (χ0n) is 17.4. The normalized spacial score (nSPS) is 12.5. The largest absolute Gasteiger partial charge is 0.488 e. The number of aryl methyl sites for hydroxylation is 1. The number of rotatable bonds is 8. The van der Waals surface area contributed by atoms with Crippen molar-refractivity contribution in [2.24, 2.45) is 14.6 Å². The van der Waals surface area contributed by atoms with Gasteiger partial charge in [0.05, 0.1) is 10.6 Å². The van der Waals surface area contributed by atoms with Gasteiger partial charge < -0.3 is 4.18 Å². The van der Waals surface area contributed by atoms with Crippen LogP contribution in [0.3, 0.4) is 0 Å². The van der Waals surface area contributed by atoms with E-state index in [0.717, 1.165) is 6.07 Å². The maximum Gasteiger partial charge on any atom is 0.488 e. The quantitative estimate of drug-likeness (QED) is 0.304. The van der Waals surface area contributed by atoms with Gasteiger partial charge in [0.1, 0.15) is 17.2 Å². The van der Waals surface area contributed by atoms with Gasteiger partial charge in [-0.05, 0) is 55.0 Å². The van der Waals surface area contributed by atoms with Gasteiger partial charge >= 0.3 is 21.0 Å². The van der Waals surface area contributed by atoms with Crippen molar-refractivity contribution in [3.8, 4) is 5.75 Å². The fourth-order valence-corrected chi connectivity index (χ4v) is 4.33. The van der Waals surface area contributed by atoms with Crippen LogP contribution in [-0.4, -0.2) is 26.0 Å². The molecule has 0 radical (unpaired) electrons. The number of halogens is 3. The molecule has 0 amide bonds. The fourth-order valence-electron chi connectivity index (χ4n) is 2.55. The molecule has 0 fully saturated rings. The third-order valence-corrected chi connectivity index (χ3v) is 6.15. The summed E-state index contributed by atoms with van der Waals surface area (Å²) in [5, 5.41) is 7.50. The summed E-state index contributed by atoms with van der Waals surface area (Å²) >= 11 is 0. The lowest BCUT2D eigenvalue weighted by molar-refractivity contribution is 0.439. The molecular formula is C18H14F3N5O6S3. The molecular weight excluding hydrogens is 535 g/mol. The maximum absolute atomic E-state index is 13.0. The van der Waals surface area contributed by atoms with Crippen LogP contribution in [0.25, 0.3) is 0 Å². The molecule has 0 unspecified atom stereocenters. The van der Waals surface area contributed by atoms with E-state index in [-0.39, 0.29) is 27.7 Å². The molecule has 35 heavy (non-hydrogen) atoms. The molecule has 0 spiro atoms. The summed E-state index contributed by atoms with van der Waals surface area (Å²) in [6.45, 7) is 1.26. The lowest BCUT2D eigenvalue weighted by Gasteiger charge is -2.08. The number of aromatic nitrogens is 1. The van der Waals surface area contributed by atoms with E-state index < -0.39 is 42.5 Å². The van der Waals surface area contributed by atoms with Crippen LogP contribution >= 0.6 is 0 Å². The molecule has 0 saturated carbocycles. The van der Waals surface area contributed by atoms with E-state index >= 15 is 0 Å². The van der Waals surface area contributed by atoms with Crippen molar-refractivity contribution in [2.45, 2.75) is 11.8 Å². The fraction of sp³-hybridized carbons (Fsp3) is 0.0556. The number of azo groups is 1. The monoisotopic (exact) mass is 549 g/mol. The number of hydrogen-bond acceptors (Lipinski definition) is 10. The first-order valence-electron chi connectivity index (χ1n) is 9.13. The molecule has 17 heteroatoms. The molecule has 2 aromatic carbocycles. The molecule has 3 aromatic rings. The zero-order valence-corrected chi connectivity index (χ0v) is 19.8. The summed E-state index contributed by atoms with van der Waals surface area (Å²) in [6.07, 6.45) is 1.41. The van der Waals surface area contributed by atoms with Crippen LogP contribution in [0, 0.1) is 6.92 Å². The Hall–Kier alpha value is -3.57. The Morgan fingerprint density at radius 2 is 1.57 bits per heavy atom. The van der Waals surface area contributed by atoms with Gasteiger partial charge in [0.25, 0.3) is 10.0 Å². The lowest BCUT2D eigenvalue weighted by Crippen LogP contribution is -2.13. The Bertz CT molecular complexity index is 1600. The minimum Gasteiger partial charge on any atom is -0.358 e. The highest BCUT2D eigenvalue weighted by atomic mass is 32.3. The molecule has 186 valence electrons. The minimum absolute atomic E-state index is 0.0367. The summed E-state index contributed by atoms with van der Waals surface area (Å²) in [5.41, 5.74) is -1.10. The molecule has 3 rings (SSSR count). The highest BCUT2D eigenvalue weighted by Crippen LogP contribution is 2.38. The molecule has 1 aromatic heterocycles. The van der Waals surface area contributed by atoms with Gasteiger partial charge in [-0.25, -0.2) is 13.4 Å². The van der Waals surface area contributed by atoms with Crippen LogP contribution in [-0.2, 0) is 31.0 Å². The highest BCUT2D eigenvalue weighted by Gasteiger charge is 2.17. The average molecular weight is 550 g/mol. The van der Waals surface area contributed by atoms with E-state index in [9.17, 15) is 32.7 Å². The predicted molar refractivity (Wildman–Crippen MR) is 120 cm³/mol. The number of anilines is 1.